The molecule has 1 aromatic rings. The predicted octanol–water partition coefficient (Wildman–Crippen LogP) is 1.40. The summed E-state index contributed by atoms with van der Waals surface area (Å²) in [5.41, 5.74) is 6.65. The van der Waals surface area contributed by atoms with E-state index in [1.807, 2.05) is 13.8 Å². The Morgan fingerprint density at radius 2 is 2.05 bits per heavy atom. The molecule has 1 aliphatic rings. The van der Waals surface area contributed by atoms with Gasteiger partial charge < -0.3 is 25.3 Å². The minimum absolute atomic E-state index is 0.0719. The van der Waals surface area contributed by atoms with E-state index < -0.39 is 0 Å². The highest BCUT2D eigenvalue weighted by molar-refractivity contribution is 6.00. The minimum Gasteiger partial charge on any atom is -0.454 e. The van der Waals surface area contributed by atoms with Crippen LogP contribution < -0.4 is 20.5 Å². The molecule has 0 fully saturated rings. The molecule has 110 valence electrons. The summed E-state index contributed by atoms with van der Waals surface area (Å²) in [5.74, 6) is 1.12. The number of anilines is 1. The molecule has 1 amide bonds. The number of nitrogens with one attached hydrogen (secondary N) is 1. The maximum Gasteiger partial charge on any atom is 0.253 e. The number of nitrogens with two attached hydrogens (primary N) is 1. The van der Waals surface area contributed by atoms with Crippen LogP contribution in [0.5, 0.6) is 11.5 Å². The van der Waals surface area contributed by atoms with E-state index in [0.717, 1.165) is 0 Å². The molecule has 0 bridgehead atoms. The zero-order valence-corrected chi connectivity index (χ0v) is 11.9. The highest BCUT2D eigenvalue weighted by Gasteiger charge is 2.22. The van der Waals surface area contributed by atoms with E-state index in [4.69, 9.17) is 19.9 Å². The summed E-state index contributed by atoms with van der Waals surface area (Å²) >= 11 is 0. The standard InChI is InChI=1S/C14H20N2O4/c1-8(2)11(6-18-3)16-14(17)9-4-12-13(5-10(9)15)20-7-19-12/h4-5,8,11H,6-7,15H2,1-3H3,(H,16,17). The van der Waals surface area contributed by atoms with Gasteiger partial charge in [0.15, 0.2) is 11.5 Å². The third kappa shape index (κ3) is 2.96. The van der Waals surface area contributed by atoms with Crippen molar-refractivity contribution >= 4 is 11.6 Å². The lowest BCUT2D eigenvalue weighted by atomic mass is 10.0. The number of nitrogen functional groups attached to an aromatic ring is 1. The largest absolute Gasteiger partial charge is 0.454 e. The highest BCUT2D eigenvalue weighted by Crippen LogP contribution is 2.35. The second-order valence-corrected chi connectivity index (χ2v) is 5.07. The second kappa shape index (κ2) is 6.00. The fraction of sp³-hybridized carbons (Fsp3) is 0.500. The Morgan fingerprint density at radius 1 is 1.40 bits per heavy atom. The third-order valence-electron chi connectivity index (χ3n) is 3.26. The van der Waals surface area contributed by atoms with Crippen LogP contribution in [0.4, 0.5) is 5.69 Å². The van der Waals surface area contributed by atoms with E-state index in [0.29, 0.717) is 29.4 Å². The van der Waals surface area contributed by atoms with Crippen LogP contribution in [0.3, 0.4) is 0 Å². The Kier molecular flexibility index (Phi) is 4.34. The predicted molar refractivity (Wildman–Crippen MR) is 74.9 cm³/mol. The maximum absolute atomic E-state index is 12.3. The molecule has 0 radical (unpaired) electrons. The van der Waals surface area contributed by atoms with Crippen LogP contribution in [0.1, 0.15) is 24.2 Å². The van der Waals surface area contributed by atoms with Gasteiger partial charge in [0.1, 0.15) is 0 Å². The maximum atomic E-state index is 12.3. The number of hydrogen-bond donors (Lipinski definition) is 2. The van der Waals surface area contributed by atoms with Gasteiger partial charge in [0.25, 0.3) is 5.91 Å². The van der Waals surface area contributed by atoms with Crippen molar-refractivity contribution in [3.05, 3.63) is 17.7 Å². The van der Waals surface area contributed by atoms with Gasteiger partial charge in [-0.3, -0.25) is 4.79 Å². The Bertz CT molecular complexity index is 502. The molecular formula is C14H20N2O4. The molecule has 0 aliphatic carbocycles. The number of ether oxygens (including phenoxy) is 3. The first kappa shape index (κ1) is 14.5. The first-order valence-corrected chi connectivity index (χ1v) is 6.51. The molecule has 0 saturated heterocycles. The lowest BCUT2D eigenvalue weighted by Gasteiger charge is -2.22. The highest BCUT2D eigenvalue weighted by atomic mass is 16.7. The summed E-state index contributed by atoms with van der Waals surface area (Å²) in [4.78, 5) is 12.3. The number of hydrogen-bond acceptors (Lipinski definition) is 5. The topological polar surface area (TPSA) is 82.8 Å². The van der Waals surface area contributed by atoms with Gasteiger partial charge in [0.2, 0.25) is 6.79 Å². The average Bonchev–Trinajstić information content (AvgIpc) is 2.83. The number of carbonyl (C=O) groups is 1. The lowest BCUT2D eigenvalue weighted by molar-refractivity contribution is 0.0867. The van der Waals surface area contributed by atoms with Crippen LogP contribution in [0.15, 0.2) is 12.1 Å². The molecule has 1 aromatic carbocycles. The summed E-state index contributed by atoms with van der Waals surface area (Å²) in [6.45, 7) is 4.64. The van der Waals surface area contributed by atoms with E-state index in [-0.39, 0.29) is 24.7 Å². The molecule has 1 aliphatic heterocycles. The summed E-state index contributed by atoms with van der Waals surface area (Å²) in [6, 6.07) is 3.15. The number of fused-ring (bicyclic) bond motifs is 1. The summed E-state index contributed by atoms with van der Waals surface area (Å²) < 4.78 is 15.6. The second-order valence-electron chi connectivity index (χ2n) is 5.07. The van der Waals surface area contributed by atoms with E-state index in [2.05, 4.69) is 5.32 Å². The number of amides is 1. The molecule has 0 aromatic heterocycles. The smallest absolute Gasteiger partial charge is 0.253 e. The summed E-state index contributed by atoms with van der Waals surface area (Å²) in [7, 11) is 1.61. The van der Waals surface area contributed by atoms with Gasteiger partial charge in [-0.1, -0.05) is 13.8 Å². The van der Waals surface area contributed by atoms with Crippen molar-refractivity contribution in [1.82, 2.24) is 5.32 Å². The first-order valence-electron chi connectivity index (χ1n) is 6.51. The molecule has 1 heterocycles. The van der Waals surface area contributed by atoms with Crippen molar-refractivity contribution in [2.75, 3.05) is 26.2 Å². The number of carbonyl (C=O) groups excluding carboxylic acids is 1. The lowest BCUT2D eigenvalue weighted by Crippen LogP contribution is -2.41. The van der Waals surface area contributed by atoms with E-state index in [1.165, 1.54) is 0 Å². The van der Waals surface area contributed by atoms with Crippen LogP contribution in [0.25, 0.3) is 0 Å². The fourth-order valence-electron chi connectivity index (χ4n) is 1.98. The molecule has 0 spiro atoms. The van der Waals surface area contributed by atoms with Crippen molar-refractivity contribution in [2.24, 2.45) is 5.92 Å². The SMILES string of the molecule is COCC(NC(=O)c1cc2c(cc1N)OCO2)C(C)C. The minimum atomic E-state index is -0.239. The van der Waals surface area contributed by atoms with Gasteiger partial charge in [-0.2, -0.15) is 0 Å². The van der Waals surface area contributed by atoms with Gasteiger partial charge in [-0.15, -0.1) is 0 Å². The average molecular weight is 280 g/mol. The quantitative estimate of drug-likeness (QED) is 0.797. The van der Waals surface area contributed by atoms with Crippen molar-refractivity contribution in [3.8, 4) is 11.5 Å². The number of methoxy groups -OCH3 is 1. The molecule has 6 heteroatoms. The van der Waals surface area contributed by atoms with Crippen molar-refractivity contribution in [2.45, 2.75) is 19.9 Å². The molecule has 3 N–H and O–H groups in total. The molecule has 1 unspecified atom stereocenters. The van der Waals surface area contributed by atoms with Gasteiger partial charge in [-0.25, -0.2) is 0 Å². The van der Waals surface area contributed by atoms with Gasteiger partial charge >= 0.3 is 0 Å². The third-order valence-corrected chi connectivity index (χ3v) is 3.26. The molecule has 0 saturated carbocycles. The fourth-order valence-corrected chi connectivity index (χ4v) is 1.98. The van der Waals surface area contributed by atoms with Crippen molar-refractivity contribution < 1.29 is 19.0 Å². The zero-order chi connectivity index (χ0) is 14.7. The summed E-state index contributed by atoms with van der Waals surface area (Å²) in [5, 5.41) is 2.93. The Hall–Kier alpha value is -1.95. The molecule has 1 atom stereocenters. The van der Waals surface area contributed by atoms with Crippen LogP contribution in [-0.4, -0.2) is 32.5 Å². The first-order chi connectivity index (χ1) is 9.52. The van der Waals surface area contributed by atoms with Crippen LogP contribution in [-0.2, 0) is 4.74 Å². The van der Waals surface area contributed by atoms with Crippen molar-refractivity contribution in [3.63, 3.8) is 0 Å². The Balaban J connectivity index is 2.16. The normalized spacial score (nSPS) is 14.4. The van der Waals surface area contributed by atoms with Crippen LogP contribution in [0, 0.1) is 5.92 Å². The van der Waals surface area contributed by atoms with E-state index >= 15 is 0 Å². The number of rotatable bonds is 5. The van der Waals surface area contributed by atoms with Crippen LogP contribution in [0.2, 0.25) is 0 Å². The Labute approximate surface area is 118 Å². The monoisotopic (exact) mass is 280 g/mol. The molecule has 20 heavy (non-hydrogen) atoms. The van der Waals surface area contributed by atoms with Gasteiger partial charge in [0.05, 0.1) is 18.2 Å². The van der Waals surface area contributed by atoms with Crippen LogP contribution >= 0.6 is 0 Å². The molecule has 2 rings (SSSR count). The van der Waals surface area contributed by atoms with Gasteiger partial charge in [-0.05, 0) is 12.0 Å². The number of benzene rings is 1. The van der Waals surface area contributed by atoms with Gasteiger partial charge in [0, 0.05) is 18.9 Å². The van der Waals surface area contributed by atoms with E-state index in [1.54, 1.807) is 19.2 Å². The molecule has 6 nitrogen and oxygen atoms in total. The van der Waals surface area contributed by atoms with E-state index in [9.17, 15) is 4.79 Å². The zero-order valence-electron chi connectivity index (χ0n) is 11.9. The van der Waals surface area contributed by atoms with Crippen molar-refractivity contribution in [1.29, 1.82) is 0 Å². The summed E-state index contributed by atoms with van der Waals surface area (Å²) in [6.07, 6.45) is 0. The Morgan fingerprint density at radius 3 is 2.65 bits per heavy atom. The molecular weight excluding hydrogens is 260 g/mol.